The summed E-state index contributed by atoms with van der Waals surface area (Å²) >= 11 is 0. The van der Waals surface area contributed by atoms with Gasteiger partial charge in [0.05, 0.1) is 7.11 Å². The van der Waals surface area contributed by atoms with Crippen molar-refractivity contribution in [1.29, 1.82) is 0 Å². The minimum absolute atomic E-state index is 0.206. The lowest BCUT2D eigenvalue weighted by Crippen LogP contribution is -2.15. The molecule has 0 heterocycles. The highest BCUT2D eigenvalue weighted by molar-refractivity contribution is 5.43. The molecule has 124 valence electrons. The van der Waals surface area contributed by atoms with Gasteiger partial charge in [-0.15, -0.1) is 0 Å². The highest BCUT2D eigenvalue weighted by Crippen LogP contribution is 2.24. The maximum atomic E-state index is 12.4. The second kappa shape index (κ2) is 7.92. The van der Waals surface area contributed by atoms with Gasteiger partial charge < -0.3 is 14.8 Å². The van der Waals surface area contributed by atoms with E-state index in [9.17, 15) is 8.78 Å². The number of benzene rings is 2. The lowest BCUT2D eigenvalue weighted by atomic mass is 10.1. The predicted octanol–water partition coefficient (Wildman–Crippen LogP) is 4.20. The zero-order valence-electron chi connectivity index (χ0n) is 13.5. The fourth-order valence-corrected chi connectivity index (χ4v) is 2.67. The second-order valence-corrected chi connectivity index (χ2v) is 5.35. The van der Waals surface area contributed by atoms with E-state index in [1.807, 2.05) is 13.8 Å². The van der Waals surface area contributed by atoms with Gasteiger partial charge in [0.1, 0.15) is 11.5 Å². The normalized spacial score (nSPS) is 10.9. The van der Waals surface area contributed by atoms with E-state index in [1.165, 1.54) is 0 Å². The van der Waals surface area contributed by atoms with Crippen LogP contribution in [0.2, 0.25) is 0 Å². The van der Waals surface area contributed by atoms with Crippen molar-refractivity contribution >= 4 is 0 Å². The number of ether oxygens (including phenoxy) is 2. The van der Waals surface area contributed by atoms with Crippen LogP contribution < -0.4 is 14.8 Å². The van der Waals surface area contributed by atoms with E-state index in [0.717, 1.165) is 22.4 Å². The number of hydrogen-bond donors (Lipinski definition) is 1. The van der Waals surface area contributed by atoms with Gasteiger partial charge in [-0.3, -0.25) is 0 Å². The van der Waals surface area contributed by atoms with Crippen molar-refractivity contribution in [3.63, 3.8) is 0 Å². The van der Waals surface area contributed by atoms with Crippen molar-refractivity contribution < 1.29 is 18.3 Å². The molecular formula is C18H21F2NO2. The van der Waals surface area contributed by atoms with E-state index in [-0.39, 0.29) is 5.75 Å². The van der Waals surface area contributed by atoms with Crippen LogP contribution in [0.15, 0.2) is 36.4 Å². The molecular weight excluding hydrogens is 300 g/mol. The first-order chi connectivity index (χ1) is 11.0. The number of para-hydroxylation sites is 1. The Balaban J connectivity index is 2.00. The van der Waals surface area contributed by atoms with Crippen molar-refractivity contribution in [2.45, 2.75) is 33.5 Å². The van der Waals surface area contributed by atoms with E-state index in [0.29, 0.717) is 18.7 Å². The van der Waals surface area contributed by atoms with Crippen LogP contribution in [-0.4, -0.2) is 13.7 Å². The van der Waals surface area contributed by atoms with Gasteiger partial charge in [0.15, 0.2) is 0 Å². The van der Waals surface area contributed by atoms with Gasteiger partial charge in [-0.1, -0.05) is 30.3 Å². The zero-order valence-corrected chi connectivity index (χ0v) is 13.5. The van der Waals surface area contributed by atoms with E-state index in [1.54, 1.807) is 31.4 Å². The number of halogens is 2. The molecule has 0 bridgehead atoms. The van der Waals surface area contributed by atoms with Crippen LogP contribution in [0.5, 0.6) is 11.5 Å². The lowest BCUT2D eigenvalue weighted by molar-refractivity contribution is -0.0505. The first-order valence-corrected chi connectivity index (χ1v) is 7.38. The molecule has 0 unspecified atom stereocenters. The van der Waals surface area contributed by atoms with Gasteiger partial charge in [0.2, 0.25) is 0 Å². The van der Waals surface area contributed by atoms with Crippen molar-refractivity contribution in [3.8, 4) is 11.5 Å². The van der Waals surface area contributed by atoms with Crippen LogP contribution in [0.1, 0.15) is 22.3 Å². The third-order valence-electron chi connectivity index (χ3n) is 3.56. The summed E-state index contributed by atoms with van der Waals surface area (Å²) in [6, 6.07) is 10.9. The summed E-state index contributed by atoms with van der Waals surface area (Å²) in [4.78, 5) is 0. The molecule has 0 radical (unpaired) electrons. The first-order valence-electron chi connectivity index (χ1n) is 7.38. The number of aryl methyl sites for hydroxylation is 2. The molecule has 0 atom stereocenters. The minimum atomic E-state index is -2.82. The van der Waals surface area contributed by atoms with Crippen LogP contribution in [0, 0.1) is 13.8 Å². The highest BCUT2D eigenvalue weighted by Gasteiger charge is 2.09. The third-order valence-corrected chi connectivity index (χ3v) is 3.56. The Morgan fingerprint density at radius 3 is 2.30 bits per heavy atom. The Labute approximate surface area is 135 Å². The van der Waals surface area contributed by atoms with Crippen LogP contribution in [0.25, 0.3) is 0 Å². The fourth-order valence-electron chi connectivity index (χ4n) is 2.67. The van der Waals surface area contributed by atoms with E-state index in [2.05, 4.69) is 22.2 Å². The molecule has 0 saturated carbocycles. The number of rotatable bonds is 7. The Bertz CT molecular complexity index is 636. The maximum absolute atomic E-state index is 12.4. The predicted molar refractivity (Wildman–Crippen MR) is 86.1 cm³/mol. The van der Waals surface area contributed by atoms with Gasteiger partial charge in [-0.25, -0.2) is 0 Å². The van der Waals surface area contributed by atoms with Gasteiger partial charge in [0.25, 0.3) is 0 Å². The minimum Gasteiger partial charge on any atom is -0.496 e. The Morgan fingerprint density at radius 1 is 1.04 bits per heavy atom. The van der Waals surface area contributed by atoms with Gasteiger partial charge in [-0.05, 0) is 36.6 Å². The summed E-state index contributed by atoms with van der Waals surface area (Å²) in [6.07, 6.45) is 0. The van der Waals surface area contributed by atoms with E-state index >= 15 is 0 Å². The molecule has 0 amide bonds. The molecule has 0 fully saturated rings. The van der Waals surface area contributed by atoms with Gasteiger partial charge >= 0.3 is 6.61 Å². The number of nitrogens with one attached hydrogen (secondary N) is 1. The van der Waals surface area contributed by atoms with Crippen LogP contribution in [0.4, 0.5) is 8.78 Å². The van der Waals surface area contributed by atoms with Crippen molar-refractivity contribution in [2.75, 3.05) is 7.11 Å². The molecule has 0 saturated heterocycles. The van der Waals surface area contributed by atoms with Crippen LogP contribution in [-0.2, 0) is 13.1 Å². The molecule has 0 aliphatic rings. The summed E-state index contributed by atoms with van der Waals surface area (Å²) < 4.78 is 34.7. The Hall–Kier alpha value is -2.14. The van der Waals surface area contributed by atoms with E-state index < -0.39 is 6.61 Å². The molecule has 2 aromatic carbocycles. The lowest BCUT2D eigenvalue weighted by Gasteiger charge is -2.13. The summed E-state index contributed by atoms with van der Waals surface area (Å²) in [5.41, 5.74) is 3.97. The molecule has 0 spiro atoms. The van der Waals surface area contributed by atoms with Crippen LogP contribution >= 0.6 is 0 Å². The Kier molecular flexibility index (Phi) is 5.93. The zero-order chi connectivity index (χ0) is 16.8. The highest BCUT2D eigenvalue weighted by atomic mass is 19.3. The number of methoxy groups -OCH3 is 1. The third kappa shape index (κ3) is 4.66. The van der Waals surface area contributed by atoms with Gasteiger partial charge in [-0.2, -0.15) is 8.78 Å². The average molecular weight is 321 g/mol. The van der Waals surface area contributed by atoms with Gasteiger partial charge in [0, 0.05) is 18.7 Å². The maximum Gasteiger partial charge on any atom is 0.387 e. The van der Waals surface area contributed by atoms with E-state index in [4.69, 9.17) is 4.74 Å². The summed E-state index contributed by atoms with van der Waals surface area (Å²) in [5.74, 6) is 1.10. The fraction of sp³-hybridized carbons (Fsp3) is 0.333. The molecule has 0 aliphatic carbocycles. The molecule has 0 aromatic heterocycles. The topological polar surface area (TPSA) is 30.5 Å². The Morgan fingerprint density at radius 2 is 1.70 bits per heavy atom. The van der Waals surface area contributed by atoms with Crippen molar-refractivity contribution in [2.24, 2.45) is 0 Å². The molecule has 2 rings (SSSR count). The molecule has 23 heavy (non-hydrogen) atoms. The standard InChI is InChI=1S/C18H21F2NO2/c1-12-8-14(9-13(2)17(12)22-3)10-21-11-15-6-4-5-7-16(15)23-18(19)20/h4-9,18,21H,10-11H2,1-3H3. The molecule has 5 heteroatoms. The number of alkyl halides is 2. The molecule has 3 nitrogen and oxygen atoms in total. The summed E-state index contributed by atoms with van der Waals surface area (Å²) in [6.45, 7) is 2.27. The molecule has 2 aromatic rings. The molecule has 1 N–H and O–H groups in total. The average Bonchev–Trinajstić information content (AvgIpc) is 2.48. The summed E-state index contributed by atoms with van der Waals surface area (Å²) in [5, 5.41) is 3.26. The van der Waals surface area contributed by atoms with Crippen LogP contribution in [0.3, 0.4) is 0 Å². The summed E-state index contributed by atoms with van der Waals surface area (Å²) in [7, 11) is 1.66. The first kappa shape index (κ1) is 17.2. The number of hydrogen-bond acceptors (Lipinski definition) is 3. The monoisotopic (exact) mass is 321 g/mol. The smallest absolute Gasteiger partial charge is 0.387 e. The second-order valence-electron chi connectivity index (χ2n) is 5.35. The quantitative estimate of drug-likeness (QED) is 0.829. The molecule has 0 aliphatic heterocycles. The van der Waals surface area contributed by atoms with Crippen molar-refractivity contribution in [3.05, 3.63) is 58.7 Å². The SMILES string of the molecule is COc1c(C)cc(CNCc2ccccc2OC(F)F)cc1C. The largest absolute Gasteiger partial charge is 0.496 e. The van der Waals surface area contributed by atoms with Crippen molar-refractivity contribution in [1.82, 2.24) is 5.32 Å².